The molecule has 1 aliphatic rings. The zero-order valence-electron chi connectivity index (χ0n) is 16.0. The Hall–Kier alpha value is -1.66. The van der Waals surface area contributed by atoms with Crippen LogP contribution < -0.4 is 5.32 Å². The number of Topliss-reactive ketones (excluding diaryl/α,β-unsaturated/α-hetero) is 1. The third-order valence-electron chi connectivity index (χ3n) is 4.87. The Balaban J connectivity index is 2.21. The highest BCUT2D eigenvalue weighted by Gasteiger charge is 2.29. The van der Waals surface area contributed by atoms with E-state index in [1.165, 1.54) is 0 Å². The van der Waals surface area contributed by atoms with Gasteiger partial charge in [-0.2, -0.15) is 0 Å². The van der Waals surface area contributed by atoms with Crippen molar-refractivity contribution in [2.45, 2.75) is 66.2 Å². The average Bonchev–Trinajstić information content (AvgIpc) is 3.18. The number of esters is 1. The molecule has 2 unspecified atom stereocenters. The van der Waals surface area contributed by atoms with E-state index in [-0.39, 0.29) is 23.9 Å². The molecule has 2 rings (SSSR count). The topological polar surface area (TPSA) is 69.6 Å². The van der Waals surface area contributed by atoms with Crippen LogP contribution in [-0.4, -0.2) is 48.2 Å². The third-order valence-corrected chi connectivity index (χ3v) is 4.87. The van der Waals surface area contributed by atoms with Crippen molar-refractivity contribution >= 4 is 11.8 Å². The Morgan fingerprint density at radius 2 is 2.08 bits per heavy atom. The molecule has 0 bridgehead atoms. The van der Waals surface area contributed by atoms with Gasteiger partial charge < -0.3 is 19.4 Å². The van der Waals surface area contributed by atoms with Crippen LogP contribution in [0.5, 0.6) is 0 Å². The van der Waals surface area contributed by atoms with E-state index in [4.69, 9.17) is 9.47 Å². The van der Waals surface area contributed by atoms with E-state index in [2.05, 4.69) is 5.32 Å². The molecule has 6 heteroatoms. The van der Waals surface area contributed by atoms with Crippen LogP contribution in [0.2, 0.25) is 0 Å². The molecule has 0 aromatic carbocycles. The molecule has 1 saturated heterocycles. The summed E-state index contributed by atoms with van der Waals surface area (Å²) in [5, 5.41) is 3.28. The summed E-state index contributed by atoms with van der Waals surface area (Å²) >= 11 is 0. The Kier molecular flexibility index (Phi) is 6.79. The average molecular weight is 350 g/mol. The van der Waals surface area contributed by atoms with Gasteiger partial charge in [-0.25, -0.2) is 4.79 Å². The van der Waals surface area contributed by atoms with Gasteiger partial charge >= 0.3 is 5.97 Å². The first-order valence-corrected chi connectivity index (χ1v) is 9.18. The number of aromatic nitrogens is 1. The molecule has 0 radical (unpaired) electrons. The number of carbonyl (C=O) groups is 2. The number of ketones is 1. The lowest BCUT2D eigenvalue weighted by Crippen LogP contribution is -2.39. The molecule has 0 aliphatic carbocycles. The molecular weight excluding hydrogens is 320 g/mol. The molecule has 1 aromatic heterocycles. The molecule has 0 amide bonds. The van der Waals surface area contributed by atoms with E-state index in [0.717, 1.165) is 25.1 Å². The van der Waals surface area contributed by atoms with Gasteiger partial charge in [-0.15, -0.1) is 0 Å². The molecule has 1 aliphatic heterocycles. The Labute approximate surface area is 149 Å². The summed E-state index contributed by atoms with van der Waals surface area (Å²) in [6.07, 6.45) is 2.30. The van der Waals surface area contributed by atoms with Crippen LogP contribution in [0.4, 0.5) is 0 Å². The van der Waals surface area contributed by atoms with Gasteiger partial charge in [0.2, 0.25) is 0 Å². The molecule has 1 aromatic rings. The fraction of sp³-hybridized carbons (Fsp3) is 0.684. The van der Waals surface area contributed by atoms with Gasteiger partial charge in [-0.1, -0.05) is 0 Å². The van der Waals surface area contributed by atoms with Crippen LogP contribution >= 0.6 is 0 Å². The molecule has 2 atom stereocenters. The number of ether oxygens (including phenoxy) is 2. The summed E-state index contributed by atoms with van der Waals surface area (Å²) in [7, 11) is 0. The first-order valence-electron chi connectivity index (χ1n) is 9.18. The van der Waals surface area contributed by atoms with Gasteiger partial charge in [0.25, 0.3) is 0 Å². The van der Waals surface area contributed by atoms with Crippen molar-refractivity contribution in [3.8, 4) is 0 Å². The minimum absolute atomic E-state index is 0.00532. The zero-order chi connectivity index (χ0) is 18.6. The fourth-order valence-electron chi connectivity index (χ4n) is 3.54. The van der Waals surface area contributed by atoms with Crippen LogP contribution in [0.3, 0.4) is 0 Å². The van der Waals surface area contributed by atoms with E-state index in [0.29, 0.717) is 36.5 Å². The Bertz CT molecular complexity index is 630. The molecule has 25 heavy (non-hydrogen) atoms. The SMILES string of the molecule is CCOC(=O)c1c(C)c(C(=O)C(C)NCC2CCCO2)c(C)n1CC. The van der Waals surface area contributed by atoms with E-state index >= 15 is 0 Å². The minimum atomic E-state index is -0.371. The largest absolute Gasteiger partial charge is 0.461 e. The summed E-state index contributed by atoms with van der Waals surface area (Å²) in [6.45, 7) is 11.7. The van der Waals surface area contributed by atoms with Crippen LogP contribution in [0.25, 0.3) is 0 Å². The Morgan fingerprint density at radius 1 is 1.36 bits per heavy atom. The highest BCUT2D eigenvalue weighted by atomic mass is 16.5. The summed E-state index contributed by atoms with van der Waals surface area (Å²) in [4.78, 5) is 25.3. The van der Waals surface area contributed by atoms with E-state index in [1.54, 1.807) is 6.92 Å². The maximum atomic E-state index is 13.0. The minimum Gasteiger partial charge on any atom is -0.461 e. The molecule has 6 nitrogen and oxygen atoms in total. The standard InChI is InChI=1S/C19H30N2O4/c1-6-21-14(5)16(12(3)17(21)19(23)24-7-2)18(22)13(4)20-11-15-9-8-10-25-15/h13,15,20H,6-11H2,1-5H3. The highest BCUT2D eigenvalue weighted by Crippen LogP contribution is 2.25. The maximum Gasteiger partial charge on any atom is 0.355 e. The van der Waals surface area contributed by atoms with Crippen molar-refractivity contribution in [2.24, 2.45) is 0 Å². The smallest absolute Gasteiger partial charge is 0.355 e. The molecule has 2 heterocycles. The maximum absolute atomic E-state index is 13.0. The second-order valence-corrected chi connectivity index (χ2v) is 6.53. The monoisotopic (exact) mass is 350 g/mol. The number of rotatable bonds is 8. The summed E-state index contributed by atoms with van der Waals surface area (Å²) < 4.78 is 12.6. The van der Waals surface area contributed by atoms with E-state index < -0.39 is 0 Å². The van der Waals surface area contributed by atoms with Crippen molar-refractivity contribution < 1.29 is 19.1 Å². The number of carbonyl (C=O) groups excluding carboxylic acids is 2. The van der Waals surface area contributed by atoms with Crippen molar-refractivity contribution in [2.75, 3.05) is 19.8 Å². The van der Waals surface area contributed by atoms with Crippen LogP contribution in [0, 0.1) is 13.8 Å². The van der Waals surface area contributed by atoms with E-state index in [1.807, 2.05) is 32.3 Å². The highest BCUT2D eigenvalue weighted by molar-refractivity contribution is 6.05. The summed E-state index contributed by atoms with van der Waals surface area (Å²) in [6, 6.07) is -0.329. The molecular formula is C19H30N2O4. The van der Waals surface area contributed by atoms with Crippen LogP contribution in [0.15, 0.2) is 0 Å². The van der Waals surface area contributed by atoms with Gasteiger partial charge in [0.15, 0.2) is 5.78 Å². The first-order chi connectivity index (χ1) is 11.9. The number of nitrogens with zero attached hydrogens (tertiary/aromatic N) is 1. The lowest BCUT2D eigenvalue weighted by molar-refractivity contribution is 0.0512. The zero-order valence-corrected chi connectivity index (χ0v) is 16.0. The number of hydrogen-bond donors (Lipinski definition) is 1. The molecule has 0 spiro atoms. The normalized spacial score (nSPS) is 18.4. The molecule has 0 saturated carbocycles. The molecule has 1 fully saturated rings. The summed E-state index contributed by atoms with van der Waals surface area (Å²) in [5.41, 5.74) is 2.63. The lowest BCUT2D eigenvalue weighted by atomic mass is 10.0. The van der Waals surface area contributed by atoms with Gasteiger partial charge in [0, 0.05) is 31.0 Å². The number of nitrogens with one attached hydrogen (secondary N) is 1. The quantitative estimate of drug-likeness (QED) is 0.576. The number of hydrogen-bond acceptors (Lipinski definition) is 5. The van der Waals surface area contributed by atoms with Crippen molar-refractivity contribution in [1.82, 2.24) is 9.88 Å². The molecule has 1 N–H and O–H groups in total. The second kappa shape index (κ2) is 8.63. The second-order valence-electron chi connectivity index (χ2n) is 6.53. The first kappa shape index (κ1) is 19.7. The van der Waals surface area contributed by atoms with Gasteiger partial charge in [-0.05, 0) is 53.0 Å². The van der Waals surface area contributed by atoms with Crippen molar-refractivity contribution in [3.63, 3.8) is 0 Å². The summed E-state index contributed by atoms with van der Waals surface area (Å²) in [5.74, 6) is -0.366. The molecule has 140 valence electrons. The van der Waals surface area contributed by atoms with Gasteiger partial charge in [0.05, 0.1) is 18.8 Å². The van der Waals surface area contributed by atoms with Crippen LogP contribution in [0.1, 0.15) is 65.7 Å². The van der Waals surface area contributed by atoms with Crippen LogP contribution in [-0.2, 0) is 16.0 Å². The predicted octanol–water partition coefficient (Wildman–Crippen LogP) is 2.64. The predicted molar refractivity (Wildman–Crippen MR) is 96.3 cm³/mol. The van der Waals surface area contributed by atoms with Crippen molar-refractivity contribution in [3.05, 3.63) is 22.5 Å². The van der Waals surface area contributed by atoms with E-state index in [9.17, 15) is 9.59 Å². The fourth-order valence-corrected chi connectivity index (χ4v) is 3.54. The Morgan fingerprint density at radius 3 is 2.64 bits per heavy atom. The van der Waals surface area contributed by atoms with Gasteiger partial charge in [0.1, 0.15) is 5.69 Å². The third kappa shape index (κ3) is 4.12. The lowest BCUT2D eigenvalue weighted by Gasteiger charge is -2.16. The van der Waals surface area contributed by atoms with Crippen molar-refractivity contribution in [1.29, 1.82) is 0 Å². The van der Waals surface area contributed by atoms with Gasteiger partial charge in [-0.3, -0.25) is 4.79 Å².